The van der Waals surface area contributed by atoms with Crippen LogP contribution >= 0.6 is 11.6 Å². The van der Waals surface area contributed by atoms with E-state index in [0.717, 1.165) is 29.2 Å². The van der Waals surface area contributed by atoms with Gasteiger partial charge in [-0.25, -0.2) is 4.68 Å². The fourth-order valence-electron chi connectivity index (χ4n) is 3.24. The van der Waals surface area contributed by atoms with E-state index >= 15 is 0 Å². The van der Waals surface area contributed by atoms with Crippen LogP contribution in [0.15, 0.2) is 18.2 Å². The van der Waals surface area contributed by atoms with Crippen molar-refractivity contribution in [3.63, 3.8) is 0 Å². The summed E-state index contributed by atoms with van der Waals surface area (Å²) in [7, 11) is 0. The number of fused-ring (bicyclic) bond motifs is 1. The minimum Gasteiger partial charge on any atom is -0.369 e. The number of aromatic nitrogens is 2. The summed E-state index contributed by atoms with van der Waals surface area (Å²) < 4.78 is 2.08. The van der Waals surface area contributed by atoms with Crippen LogP contribution in [0, 0.1) is 6.92 Å². The van der Waals surface area contributed by atoms with E-state index in [2.05, 4.69) is 23.0 Å². The van der Waals surface area contributed by atoms with Gasteiger partial charge in [0.05, 0.1) is 11.4 Å². The van der Waals surface area contributed by atoms with Gasteiger partial charge >= 0.3 is 0 Å². The third-order valence-electron chi connectivity index (χ3n) is 4.56. The zero-order valence-corrected chi connectivity index (χ0v) is 12.4. The van der Waals surface area contributed by atoms with Crippen LogP contribution in [0.1, 0.15) is 42.0 Å². The zero-order valence-electron chi connectivity index (χ0n) is 11.6. The Balaban J connectivity index is 1.85. The number of benzene rings is 1. The molecule has 104 valence electrons. The molecule has 3 nitrogen and oxygen atoms in total. The number of halogens is 1. The van der Waals surface area contributed by atoms with Gasteiger partial charge in [0.1, 0.15) is 5.82 Å². The number of aryl methyl sites for hydroxylation is 1. The molecule has 0 unspecified atom stereocenters. The number of anilines is 1. The molecule has 1 aliphatic carbocycles. The van der Waals surface area contributed by atoms with E-state index in [1.165, 1.54) is 36.3 Å². The van der Waals surface area contributed by atoms with Crippen molar-refractivity contribution in [1.82, 2.24) is 9.78 Å². The summed E-state index contributed by atoms with van der Waals surface area (Å²) in [6, 6.07) is 6.01. The summed E-state index contributed by atoms with van der Waals surface area (Å²) in [5.41, 5.74) is 5.05. The summed E-state index contributed by atoms with van der Waals surface area (Å²) in [6.07, 6.45) is 5.04. The molecule has 2 aliphatic rings. The van der Waals surface area contributed by atoms with Crippen molar-refractivity contribution >= 4 is 17.4 Å². The Labute approximate surface area is 123 Å². The van der Waals surface area contributed by atoms with Gasteiger partial charge in [-0.1, -0.05) is 18.0 Å². The van der Waals surface area contributed by atoms with Gasteiger partial charge in [-0.2, -0.15) is 5.10 Å². The Kier molecular flexibility index (Phi) is 2.77. The van der Waals surface area contributed by atoms with Gasteiger partial charge in [-0.15, -0.1) is 0 Å². The molecule has 2 heterocycles. The van der Waals surface area contributed by atoms with Crippen molar-refractivity contribution in [1.29, 1.82) is 0 Å². The van der Waals surface area contributed by atoms with E-state index in [9.17, 15) is 0 Å². The highest BCUT2D eigenvalue weighted by atomic mass is 35.5. The van der Waals surface area contributed by atoms with Crippen LogP contribution in [0.2, 0.25) is 5.02 Å². The van der Waals surface area contributed by atoms with E-state index < -0.39 is 0 Å². The van der Waals surface area contributed by atoms with Gasteiger partial charge in [0.25, 0.3) is 0 Å². The average Bonchev–Trinajstić information content (AvgIpc) is 2.91. The zero-order chi connectivity index (χ0) is 13.7. The highest BCUT2D eigenvalue weighted by molar-refractivity contribution is 6.30. The lowest BCUT2D eigenvalue weighted by Gasteiger charge is -2.24. The van der Waals surface area contributed by atoms with Crippen LogP contribution < -0.4 is 5.32 Å². The SMILES string of the molecule is Cc1cc(Cl)ccc1-n1nc(C2CCC2)c2c1NCC2. The van der Waals surface area contributed by atoms with Crippen LogP contribution in [0.25, 0.3) is 5.69 Å². The number of rotatable bonds is 2. The minimum atomic E-state index is 0.678. The fraction of sp³-hybridized carbons (Fsp3) is 0.438. The van der Waals surface area contributed by atoms with E-state index in [0.29, 0.717) is 5.92 Å². The average molecular weight is 288 g/mol. The fourth-order valence-corrected chi connectivity index (χ4v) is 3.47. The molecule has 4 heteroatoms. The maximum atomic E-state index is 6.06. The van der Waals surface area contributed by atoms with Gasteiger partial charge in [-0.05, 0) is 49.9 Å². The highest BCUT2D eigenvalue weighted by Gasteiger charge is 2.31. The lowest BCUT2D eigenvalue weighted by molar-refractivity contribution is 0.407. The first-order chi connectivity index (χ1) is 9.74. The lowest BCUT2D eigenvalue weighted by Crippen LogP contribution is -2.13. The Bertz CT molecular complexity index is 671. The molecule has 0 atom stereocenters. The predicted octanol–water partition coefficient (Wildman–Crippen LogP) is 4.07. The molecule has 0 bridgehead atoms. The van der Waals surface area contributed by atoms with Gasteiger partial charge in [0.15, 0.2) is 0 Å². The first-order valence-electron chi connectivity index (χ1n) is 7.36. The van der Waals surface area contributed by atoms with Crippen LogP contribution in [0.5, 0.6) is 0 Å². The maximum absolute atomic E-state index is 6.06. The molecule has 1 N–H and O–H groups in total. The van der Waals surface area contributed by atoms with Crippen LogP contribution in [0.4, 0.5) is 5.82 Å². The summed E-state index contributed by atoms with van der Waals surface area (Å²) >= 11 is 6.06. The molecular formula is C16H18ClN3. The molecule has 0 saturated heterocycles. The largest absolute Gasteiger partial charge is 0.369 e. The molecule has 0 amide bonds. The van der Waals surface area contributed by atoms with E-state index in [1.807, 2.05) is 12.1 Å². The number of nitrogens with zero attached hydrogens (tertiary/aromatic N) is 2. The quantitative estimate of drug-likeness (QED) is 0.902. The van der Waals surface area contributed by atoms with Crippen molar-refractivity contribution in [2.45, 2.75) is 38.5 Å². The van der Waals surface area contributed by atoms with Gasteiger partial charge in [0, 0.05) is 23.0 Å². The molecule has 0 spiro atoms. The van der Waals surface area contributed by atoms with Crippen molar-refractivity contribution in [2.24, 2.45) is 0 Å². The first kappa shape index (κ1) is 12.3. The molecule has 1 aromatic heterocycles. The monoisotopic (exact) mass is 287 g/mol. The molecule has 0 radical (unpaired) electrons. The lowest BCUT2D eigenvalue weighted by atomic mass is 9.81. The van der Waals surface area contributed by atoms with Gasteiger partial charge in [0.2, 0.25) is 0 Å². The van der Waals surface area contributed by atoms with E-state index in [1.54, 1.807) is 0 Å². The normalized spacial score (nSPS) is 17.7. The maximum Gasteiger partial charge on any atom is 0.133 e. The Morgan fingerprint density at radius 3 is 2.90 bits per heavy atom. The first-order valence-corrected chi connectivity index (χ1v) is 7.74. The molecule has 20 heavy (non-hydrogen) atoms. The second-order valence-electron chi connectivity index (χ2n) is 5.86. The molecule has 1 aromatic carbocycles. The Morgan fingerprint density at radius 2 is 2.20 bits per heavy atom. The second kappa shape index (κ2) is 4.52. The molecular weight excluding hydrogens is 270 g/mol. The molecule has 1 saturated carbocycles. The number of hydrogen-bond acceptors (Lipinski definition) is 2. The van der Waals surface area contributed by atoms with Crippen molar-refractivity contribution < 1.29 is 0 Å². The molecule has 2 aromatic rings. The predicted molar refractivity (Wildman–Crippen MR) is 82.1 cm³/mol. The molecule has 1 aliphatic heterocycles. The summed E-state index contributed by atoms with van der Waals surface area (Å²) in [5.74, 6) is 1.87. The van der Waals surface area contributed by atoms with Crippen LogP contribution in [-0.4, -0.2) is 16.3 Å². The second-order valence-corrected chi connectivity index (χ2v) is 6.30. The molecule has 1 fully saturated rings. The summed E-state index contributed by atoms with van der Waals surface area (Å²) in [5, 5.41) is 9.21. The molecule has 4 rings (SSSR count). The van der Waals surface area contributed by atoms with Crippen molar-refractivity contribution in [3.05, 3.63) is 40.0 Å². The standard InChI is InChI=1S/C16H18ClN3/c1-10-9-12(17)5-6-14(10)20-16-13(7-8-18-16)15(19-20)11-3-2-4-11/h5-6,9,11,18H,2-4,7-8H2,1H3. The van der Waals surface area contributed by atoms with E-state index in [4.69, 9.17) is 16.7 Å². The third kappa shape index (κ3) is 1.76. The van der Waals surface area contributed by atoms with Crippen molar-refractivity contribution in [3.8, 4) is 5.69 Å². The van der Waals surface area contributed by atoms with Gasteiger partial charge in [-0.3, -0.25) is 0 Å². The number of hydrogen-bond donors (Lipinski definition) is 1. The number of nitrogens with one attached hydrogen (secondary N) is 1. The summed E-state index contributed by atoms with van der Waals surface area (Å²) in [4.78, 5) is 0. The third-order valence-corrected chi connectivity index (χ3v) is 4.80. The van der Waals surface area contributed by atoms with Crippen LogP contribution in [-0.2, 0) is 6.42 Å². The topological polar surface area (TPSA) is 29.9 Å². The minimum absolute atomic E-state index is 0.678. The van der Waals surface area contributed by atoms with Gasteiger partial charge < -0.3 is 5.32 Å². The van der Waals surface area contributed by atoms with Crippen molar-refractivity contribution in [2.75, 3.05) is 11.9 Å². The Morgan fingerprint density at radius 1 is 1.35 bits per heavy atom. The van der Waals surface area contributed by atoms with E-state index in [-0.39, 0.29) is 0 Å². The highest BCUT2D eigenvalue weighted by Crippen LogP contribution is 2.41. The smallest absolute Gasteiger partial charge is 0.133 e. The Hall–Kier alpha value is -1.48. The van der Waals surface area contributed by atoms with Crippen LogP contribution in [0.3, 0.4) is 0 Å². The summed E-state index contributed by atoms with van der Waals surface area (Å²) in [6.45, 7) is 3.12.